The average molecular weight is 542 g/mol. The number of carbonyl (C=O) groups is 6. The lowest BCUT2D eigenvalue weighted by Gasteiger charge is -2.33. The van der Waals surface area contributed by atoms with E-state index in [1.807, 2.05) is 31.2 Å². The van der Waals surface area contributed by atoms with Crippen molar-refractivity contribution in [2.75, 3.05) is 0 Å². The Morgan fingerprint density at radius 2 is 1.74 bits per heavy atom. The van der Waals surface area contributed by atoms with Crippen LogP contribution in [0.5, 0.6) is 0 Å². The van der Waals surface area contributed by atoms with Gasteiger partial charge in [0.15, 0.2) is 5.78 Å². The second-order valence-corrected chi connectivity index (χ2v) is 10.1. The van der Waals surface area contributed by atoms with Crippen molar-refractivity contribution in [3.63, 3.8) is 0 Å². The van der Waals surface area contributed by atoms with Gasteiger partial charge in [-0.1, -0.05) is 31.5 Å². The van der Waals surface area contributed by atoms with E-state index in [2.05, 4.69) is 26.3 Å². The molecule has 0 spiro atoms. The van der Waals surface area contributed by atoms with E-state index in [9.17, 15) is 33.9 Å². The number of aromatic nitrogens is 1. The van der Waals surface area contributed by atoms with Crippen molar-refractivity contribution in [1.29, 1.82) is 0 Å². The summed E-state index contributed by atoms with van der Waals surface area (Å²) in [6.45, 7) is 4.61. The smallest absolute Gasteiger partial charge is 0.305 e. The zero-order chi connectivity index (χ0) is 28.7. The van der Waals surface area contributed by atoms with Gasteiger partial charge in [-0.05, 0) is 31.9 Å². The van der Waals surface area contributed by atoms with Crippen molar-refractivity contribution in [2.24, 2.45) is 0 Å². The molecular formula is C27H35N5O7. The maximum absolute atomic E-state index is 13.6. The number of carbonyl (C=O) groups excluding carboxylic acids is 5. The minimum absolute atomic E-state index is 0.0283. The maximum Gasteiger partial charge on any atom is 0.305 e. The lowest BCUT2D eigenvalue weighted by Crippen LogP contribution is -2.60. The molecule has 4 atom stereocenters. The van der Waals surface area contributed by atoms with E-state index in [0.717, 1.165) is 17.3 Å². The van der Waals surface area contributed by atoms with Gasteiger partial charge in [-0.2, -0.15) is 0 Å². The van der Waals surface area contributed by atoms with Crippen molar-refractivity contribution in [3.8, 4) is 0 Å². The van der Waals surface area contributed by atoms with Crippen LogP contribution in [0.25, 0.3) is 10.9 Å². The van der Waals surface area contributed by atoms with E-state index in [4.69, 9.17) is 0 Å². The third kappa shape index (κ3) is 7.43. The standard InChI is InChI=1S/C27H35N5O7/c1-4-5-10-22(34)29-21-13-27(3,15(2)33)32-26(39)19(11-16-14-28-18-9-7-6-8-17(16)18)30-24(37)20(12-23(35)36)31-25(21)38/h6-9,14,19-21,28H,4-5,10-13H2,1-3H3,(H,29,34)(H,30,37)(H,31,38)(H,32,39)(H,35,36)/t19-,20-,21-,27-/m0/s1. The molecule has 39 heavy (non-hydrogen) atoms. The molecule has 1 saturated heterocycles. The summed E-state index contributed by atoms with van der Waals surface area (Å²) < 4.78 is 0. The second kappa shape index (κ2) is 12.5. The van der Waals surface area contributed by atoms with Crippen LogP contribution in [-0.2, 0) is 35.2 Å². The first-order valence-corrected chi connectivity index (χ1v) is 12.9. The zero-order valence-corrected chi connectivity index (χ0v) is 22.3. The lowest BCUT2D eigenvalue weighted by atomic mass is 9.87. The van der Waals surface area contributed by atoms with Crippen molar-refractivity contribution >= 4 is 46.3 Å². The van der Waals surface area contributed by atoms with Gasteiger partial charge in [0.05, 0.1) is 12.0 Å². The maximum atomic E-state index is 13.6. The summed E-state index contributed by atoms with van der Waals surface area (Å²) in [5.41, 5.74) is -0.0417. The average Bonchev–Trinajstić information content (AvgIpc) is 3.27. The monoisotopic (exact) mass is 541 g/mol. The van der Waals surface area contributed by atoms with Crippen LogP contribution in [-0.4, -0.2) is 69.1 Å². The molecule has 1 aromatic heterocycles. The van der Waals surface area contributed by atoms with Gasteiger partial charge in [-0.3, -0.25) is 28.8 Å². The number of rotatable bonds is 9. The van der Waals surface area contributed by atoms with Crippen LogP contribution in [0.15, 0.2) is 30.5 Å². The Hall–Kier alpha value is -4.22. The summed E-state index contributed by atoms with van der Waals surface area (Å²) in [7, 11) is 0. The molecule has 1 aromatic carbocycles. The molecule has 12 heteroatoms. The Kier molecular flexibility index (Phi) is 9.44. The molecule has 0 saturated carbocycles. The molecule has 12 nitrogen and oxygen atoms in total. The van der Waals surface area contributed by atoms with E-state index in [-0.39, 0.29) is 19.3 Å². The van der Waals surface area contributed by atoms with Crippen molar-refractivity contribution in [2.45, 2.75) is 83.0 Å². The predicted octanol–water partition coefficient (Wildman–Crippen LogP) is 0.697. The summed E-state index contributed by atoms with van der Waals surface area (Å²) in [6.07, 6.45) is 2.13. The highest BCUT2D eigenvalue weighted by Crippen LogP contribution is 2.21. The number of amides is 4. The molecule has 3 rings (SSSR count). The summed E-state index contributed by atoms with van der Waals surface area (Å²) in [4.78, 5) is 79.9. The van der Waals surface area contributed by atoms with Crippen LogP contribution in [0.3, 0.4) is 0 Å². The quantitative estimate of drug-likeness (QED) is 0.269. The number of fused-ring (bicyclic) bond motifs is 1. The number of Topliss-reactive ketones (excluding diaryl/α,β-unsaturated/α-hetero) is 1. The van der Waals surface area contributed by atoms with Gasteiger partial charge in [0.2, 0.25) is 23.6 Å². The molecule has 1 aliphatic heterocycles. The largest absolute Gasteiger partial charge is 0.481 e. The first-order chi connectivity index (χ1) is 18.4. The fraction of sp³-hybridized carbons (Fsp3) is 0.481. The molecular weight excluding hydrogens is 506 g/mol. The molecule has 210 valence electrons. The minimum Gasteiger partial charge on any atom is -0.481 e. The summed E-state index contributed by atoms with van der Waals surface area (Å²) in [5.74, 6) is -4.66. The Balaban J connectivity index is 2.00. The van der Waals surface area contributed by atoms with E-state index >= 15 is 0 Å². The number of ketones is 1. The van der Waals surface area contributed by atoms with Gasteiger partial charge in [0.25, 0.3) is 0 Å². The zero-order valence-electron chi connectivity index (χ0n) is 22.3. The normalized spacial score (nSPS) is 24.2. The van der Waals surface area contributed by atoms with Crippen molar-refractivity contribution < 1.29 is 33.9 Å². The third-order valence-electron chi connectivity index (χ3n) is 6.94. The molecule has 6 N–H and O–H groups in total. The summed E-state index contributed by atoms with van der Waals surface area (Å²) in [6, 6.07) is 3.36. The van der Waals surface area contributed by atoms with Gasteiger partial charge >= 0.3 is 5.97 Å². The fourth-order valence-corrected chi connectivity index (χ4v) is 4.52. The molecule has 2 heterocycles. The van der Waals surface area contributed by atoms with Crippen LogP contribution in [0, 0.1) is 0 Å². The van der Waals surface area contributed by atoms with E-state index in [0.29, 0.717) is 12.0 Å². The Morgan fingerprint density at radius 3 is 2.41 bits per heavy atom. The van der Waals surface area contributed by atoms with Crippen LogP contribution < -0.4 is 21.3 Å². The number of carboxylic acid groups (broad SMARTS) is 1. The van der Waals surface area contributed by atoms with Gasteiger partial charge < -0.3 is 31.4 Å². The molecule has 0 aliphatic carbocycles. The van der Waals surface area contributed by atoms with E-state index in [1.54, 1.807) is 6.20 Å². The summed E-state index contributed by atoms with van der Waals surface area (Å²) >= 11 is 0. The first kappa shape index (κ1) is 29.3. The third-order valence-corrected chi connectivity index (χ3v) is 6.94. The molecule has 1 aliphatic rings. The molecule has 1 fully saturated rings. The first-order valence-electron chi connectivity index (χ1n) is 12.9. The van der Waals surface area contributed by atoms with Crippen molar-refractivity contribution in [3.05, 3.63) is 36.0 Å². The molecule has 0 bridgehead atoms. The van der Waals surface area contributed by atoms with E-state index < -0.39 is 65.5 Å². The number of para-hydroxylation sites is 1. The van der Waals surface area contributed by atoms with Crippen LogP contribution in [0.1, 0.15) is 58.4 Å². The van der Waals surface area contributed by atoms with Crippen molar-refractivity contribution in [1.82, 2.24) is 26.3 Å². The number of aliphatic carboxylic acids is 1. The molecule has 0 radical (unpaired) electrons. The van der Waals surface area contributed by atoms with Crippen LogP contribution in [0.4, 0.5) is 0 Å². The van der Waals surface area contributed by atoms with Crippen LogP contribution in [0.2, 0.25) is 0 Å². The predicted molar refractivity (Wildman–Crippen MR) is 141 cm³/mol. The van der Waals surface area contributed by atoms with Crippen LogP contribution >= 0.6 is 0 Å². The highest BCUT2D eigenvalue weighted by atomic mass is 16.4. The fourth-order valence-electron chi connectivity index (χ4n) is 4.52. The molecule has 0 unspecified atom stereocenters. The van der Waals surface area contributed by atoms with Gasteiger partial charge in [0.1, 0.15) is 18.1 Å². The topological polar surface area (TPSA) is 187 Å². The number of unbranched alkanes of at least 4 members (excludes halogenated alkanes) is 1. The van der Waals surface area contributed by atoms with Gasteiger partial charge in [-0.15, -0.1) is 0 Å². The minimum atomic E-state index is -1.58. The SMILES string of the molecule is CCCCC(=O)N[C@H]1C[C@@](C)(C(C)=O)NC(=O)[C@H](Cc2c[nH]c3ccccc23)NC(=O)[C@H](CC(=O)O)NC1=O. The summed E-state index contributed by atoms with van der Waals surface area (Å²) in [5, 5.41) is 20.5. The number of carboxylic acids is 1. The molecule has 2 aromatic rings. The number of hydrogen-bond donors (Lipinski definition) is 6. The Morgan fingerprint density at radius 1 is 1.05 bits per heavy atom. The van der Waals surface area contributed by atoms with Gasteiger partial charge in [-0.25, -0.2) is 0 Å². The number of aromatic amines is 1. The highest BCUT2D eigenvalue weighted by molar-refractivity contribution is 5.99. The lowest BCUT2D eigenvalue weighted by molar-refractivity contribution is -0.141. The number of nitrogens with one attached hydrogen (secondary N) is 5. The van der Waals surface area contributed by atoms with Gasteiger partial charge in [0, 0.05) is 36.4 Å². The number of benzene rings is 1. The Bertz CT molecular complexity index is 1270. The second-order valence-electron chi connectivity index (χ2n) is 10.1. The molecule has 4 amide bonds. The van der Waals surface area contributed by atoms with E-state index in [1.165, 1.54) is 13.8 Å². The number of hydrogen-bond acceptors (Lipinski definition) is 6. The Labute approximate surface area is 225 Å². The highest BCUT2D eigenvalue weighted by Gasteiger charge is 2.41. The number of H-pyrrole nitrogens is 1.